The van der Waals surface area contributed by atoms with Crippen LogP contribution in [0.1, 0.15) is 10.4 Å². The van der Waals surface area contributed by atoms with Gasteiger partial charge >= 0.3 is 0 Å². The van der Waals surface area contributed by atoms with Crippen LogP contribution in [0.3, 0.4) is 0 Å². The van der Waals surface area contributed by atoms with Crippen molar-refractivity contribution in [3.8, 4) is 0 Å². The number of halogens is 2. The molecule has 0 aromatic heterocycles. The van der Waals surface area contributed by atoms with Crippen molar-refractivity contribution in [2.75, 3.05) is 25.1 Å². The zero-order chi connectivity index (χ0) is 14.7. The summed E-state index contributed by atoms with van der Waals surface area (Å²) >= 11 is 3.27. The van der Waals surface area contributed by atoms with Crippen LogP contribution in [0.2, 0.25) is 0 Å². The highest BCUT2D eigenvalue weighted by Gasteiger charge is 2.31. The van der Waals surface area contributed by atoms with Crippen LogP contribution in [-0.4, -0.2) is 46.9 Å². The Kier molecular flexibility index (Phi) is 4.66. The van der Waals surface area contributed by atoms with Crippen molar-refractivity contribution in [2.24, 2.45) is 0 Å². The number of nitro benzene ring substituents is 1. The monoisotopic (exact) mass is 346 g/mol. The summed E-state index contributed by atoms with van der Waals surface area (Å²) in [4.78, 5) is 24.2. The van der Waals surface area contributed by atoms with Gasteiger partial charge in [-0.25, -0.2) is 4.39 Å². The van der Waals surface area contributed by atoms with E-state index in [1.807, 2.05) is 0 Å². The van der Waals surface area contributed by atoms with Crippen molar-refractivity contribution in [1.29, 1.82) is 0 Å². The summed E-state index contributed by atoms with van der Waals surface area (Å²) in [7, 11) is 0. The fourth-order valence-electron chi connectivity index (χ4n) is 2.04. The van der Waals surface area contributed by atoms with Gasteiger partial charge in [-0.1, -0.05) is 15.9 Å². The molecule has 0 bridgehead atoms. The van der Waals surface area contributed by atoms with E-state index < -0.39 is 22.3 Å². The summed E-state index contributed by atoms with van der Waals surface area (Å²) < 4.78 is 18.5. The number of rotatable bonds is 3. The van der Waals surface area contributed by atoms with Crippen molar-refractivity contribution in [2.45, 2.75) is 6.04 Å². The number of amides is 1. The second-order valence-electron chi connectivity index (χ2n) is 4.30. The van der Waals surface area contributed by atoms with Crippen LogP contribution in [0.25, 0.3) is 0 Å². The molecule has 1 aromatic rings. The predicted octanol–water partition coefficient (Wildman–Crippen LogP) is 1.97. The lowest BCUT2D eigenvalue weighted by atomic mass is 10.1. The van der Waals surface area contributed by atoms with Gasteiger partial charge in [0.2, 0.25) is 0 Å². The summed E-state index contributed by atoms with van der Waals surface area (Å²) in [6.07, 6.45) is 0. The first-order valence-corrected chi connectivity index (χ1v) is 7.05. The van der Waals surface area contributed by atoms with E-state index in [9.17, 15) is 19.3 Å². The van der Waals surface area contributed by atoms with E-state index in [0.717, 1.165) is 18.2 Å². The minimum absolute atomic E-state index is 0.223. The van der Waals surface area contributed by atoms with Crippen LogP contribution in [0.15, 0.2) is 18.2 Å². The molecule has 0 N–H and O–H groups in total. The van der Waals surface area contributed by atoms with E-state index in [-0.39, 0.29) is 11.6 Å². The average molecular weight is 347 g/mol. The fraction of sp³-hybridized carbons (Fsp3) is 0.417. The van der Waals surface area contributed by atoms with Gasteiger partial charge in [0.25, 0.3) is 11.6 Å². The lowest BCUT2D eigenvalue weighted by molar-refractivity contribution is -0.385. The molecule has 1 heterocycles. The van der Waals surface area contributed by atoms with Crippen LogP contribution in [-0.2, 0) is 4.74 Å². The third-order valence-corrected chi connectivity index (χ3v) is 3.80. The summed E-state index contributed by atoms with van der Waals surface area (Å²) in [5, 5.41) is 11.4. The number of nitro groups is 1. The molecule has 1 amide bonds. The molecule has 0 saturated carbocycles. The Morgan fingerprint density at radius 1 is 1.60 bits per heavy atom. The first-order chi connectivity index (χ1) is 9.54. The van der Waals surface area contributed by atoms with Crippen molar-refractivity contribution < 1.29 is 18.8 Å². The number of alkyl halides is 1. The molecule has 8 heteroatoms. The Morgan fingerprint density at radius 2 is 2.35 bits per heavy atom. The van der Waals surface area contributed by atoms with Gasteiger partial charge in [0.05, 0.1) is 24.2 Å². The van der Waals surface area contributed by atoms with E-state index in [2.05, 4.69) is 15.9 Å². The van der Waals surface area contributed by atoms with Gasteiger partial charge in [-0.15, -0.1) is 0 Å². The molecule has 2 rings (SSSR count). The Morgan fingerprint density at radius 3 is 3.00 bits per heavy atom. The molecule has 0 aliphatic carbocycles. The summed E-state index contributed by atoms with van der Waals surface area (Å²) in [6.45, 7) is 1.03. The van der Waals surface area contributed by atoms with Crippen LogP contribution < -0.4 is 0 Å². The summed E-state index contributed by atoms with van der Waals surface area (Å²) in [5.74, 6) is -1.23. The van der Waals surface area contributed by atoms with Gasteiger partial charge in [0, 0.05) is 17.9 Å². The second-order valence-corrected chi connectivity index (χ2v) is 4.95. The van der Waals surface area contributed by atoms with Crippen LogP contribution in [0, 0.1) is 15.9 Å². The minimum atomic E-state index is -0.684. The maximum absolute atomic E-state index is 13.3. The van der Waals surface area contributed by atoms with Crippen LogP contribution in [0.5, 0.6) is 0 Å². The largest absolute Gasteiger partial charge is 0.377 e. The van der Waals surface area contributed by atoms with Gasteiger partial charge in [0.1, 0.15) is 11.4 Å². The molecular formula is C12H12BrFN2O4. The molecule has 1 aliphatic rings. The lowest BCUT2D eigenvalue weighted by Gasteiger charge is -2.34. The molecule has 1 atom stereocenters. The third-order valence-electron chi connectivity index (χ3n) is 3.05. The molecule has 1 aromatic carbocycles. The van der Waals surface area contributed by atoms with E-state index in [1.165, 1.54) is 4.90 Å². The fourth-order valence-corrected chi connectivity index (χ4v) is 2.58. The molecule has 20 heavy (non-hydrogen) atoms. The molecule has 108 valence electrons. The standard InChI is InChI=1S/C12H12BrFN2O4/c13-6-9-7-20-4-3-15(9)12(17)10-5-8(14)1-2-11(10)16(18)19/h1-2,5,9H,3-4,6-7H2. The molecule has 1 aliphatic heterocycles. The number of nitrogens with zero attached hydrogens (tertiary/aromatic N) is 2. The van der Waals surface area contributed by atoms with Crippen molar-refractivity contribution in [1.82, 2.24) is 4.90 Å². The van der Waals surface area contributed by atoms with Gasteiger partial charge in [-0.2, -0.15) is 0 Å². The molecular weight excluding hydrogens is 335 g/mol. The number of hydrogen-bond donors (Lipinski definition) is 0. The highest BCUT2D eigenvalue weighted by molar-refractivity contribution is 9.09. The van der Waals surface area contributed by atoms with Crippen LogP contribution >= 0.6 is 15.9 Å². The zero-order valence-electron chi connectivity index (χ0n) is 10.4. The summed E-state index contributed by atoms with van der Waals surface area (Å²) in [6, 6.07) is 2.66. The maximum atomic E-state index is 13.3. The van der Waals surface area contributed by atoms with Gasteiger partial charge in [-0.3, -0.25) is 14.9 Å². The smallest absolute Gasteiger partial charge is 0.282 e. The van der Waals surface area contributed by atoms with Gasteiger partial charge in [0.15, 0.2) is 0 Å². The Labute approximate surface area is 122 Å². The third kappa shape index (κ3) is 2.96. The first kappa shape index (κ1) is 14.9. The van der Waals surface area contributed by atoms with Crippen molar-refractivity contribution >= 4 is 27.5 Å². The highest BCUT2D eigenvalue weighted by atomic mass is 79.9. The Hall–Kier alpha value is -1.54. The van der Waals surface area contributed by atoms with Crippen LogP contribution in [0.4, 0.5) is 10.1 Å². The molecule has 0 spiro atoms. The van der Waals surface area contributed by atoms with Crippen molar-refractivity contribution in [3.63, 3.8) is 0 Å². The molecule has 1 fully saturated rings. The maximum Gasteiger partial charge on any atom is 0.282 e. The SMILES string of the molecule is O=C(c1cc(F)ccc1[N+](=O)[O-])N1CCOCC1CBr. The van der Waals surface area contributed by atoms with E-state index >= 15 is 0 Å². The lowest BCUT2D eigenvalue weighted by Crippen LogP contribution is -2.49. The number of ether oxygens (including phenoxy) is 1. The Bertz CT molecular complexity index is 540. The van der Waals surface area contributed by atoms with Gasteiger partial charge < -0.3 is 9.64 Å². The Balaban J connectivity index is 2.36. The molecule has 0 radical (unpaired) electrons. The average Bonchev–Trinajstić information content (AvgIpc) is 2.46. The number of carbonyl (C=O) groups excluding carboxylic acids is 1. The summed E-state index contributed by atoms with van der Waals surface area (Å²) in [5.41, 5.74) is -0.626. The number of hydrogen-bond acceptors (Lipinski definition) is 4. The van der Waals surface area contributed by atoms with E-state index in [1.54, 1.807) is 0 Å². The number of carbonyl (C=O) groups is 1. The number of benzene rings is 1. The minimum Gasteiger partial charge on any atom is -0.377 e. The topological polar surface area (TPSA) is 72.7 Å². The normalized spacial score (nSPS) is 18.9. The van der Waals surface area contributed by atoms with Crippen molar-refractivity contribution in [3.05, 3.63) is 39.7 Å². The van der Waals surface area contributed by atoms with E-state index in [0.29, 0.717) is 25.1 Å². The molecule has 6 nitrogen and oxygen atoms in total. The van der Waals surface area contributed by atoms with Gasteiger partial charge in [-0.05, 0) is 12.1 Å². The first-order valence-electron chi connectivity index (χ1n) is 5.93. The molecule has 1 unspecified atom stereocenters. The predicted molar refractivity (Wildman–Crippen MR) is 72.5 cm³/mol. The zero-order valence-corrected chi connectivity index (χ0v) is 12.0. The molecule has 1 saturated heterocycles. The highest BCUT2D eigenvalue weighted by Crippen LogP contribution is 2.23. The number of morpholine rings is 1. The second kappa shape index (κ2) is 6.27. The quantitative estimate of drug-likeness (QED) is 0.476. The van der Waals surface area contributed by atoms with E-state index in [4.69, 9.17) is 4.74 Å².